The lowest BCUT2D eigenvalue weighted by Crippen LogP contribution is -2.25. The van der Waals surface area contributed by atoms with E-state index in [4.69, 9.17) is 0 Å². The highest BCUT2D eigenvalue weighted by molar-refractivity contribution is 5.91. The third-order valence-corrected chi connectivity index (χ3v) is 2.93. The minimum Gasteiger partial charge on any atom is -0.369 e. The van der Waals surface area contributed by atoms with Gasteiger partial charge in [-0.2, -0.15) is 0 Å². The van der Waals surface area contributed by atoms with Gasteiger partial charge in [-0.05, 0) is 18.8 Å². The summed E-state index contributed by atoms with van der Waals surface area (Å²) in [6, 6.07) is 0. The second kappa shape index (κ2) is 9.28. The summed E-state index contributed by atoms with van der Waals surface area (Å²) in [6.45, 7) is 8.06. The van der Waals surface area contributed by atoms with Crippen LogP contribution in [0.3, 0.4) is 0 Å². The fraction of sp³-hybridized carbons (Fsp3) is 0.667. The zero-order chi connectivity index (χ0) is 14.8. The maximum absolute atomic E-state index is 11.8. The van der Waals surface area contributed by atoms with Gasteiger partial charge in [0.1, 0.15) is 11.5 Å². The van der Waals surface area contributed by atoms with E-state index < -0.39 is 0 Å². The van der Waals surface area contributed by atoms with E-state index in [1.54, 1.807) is 6.20 Å². The molecular weight excluding hydrogens is 252 g/mol. The molecule has 0 aliphatic rings. The number of anilines is 1. The van der Waals surface area contributed by atoms with Crippen LogP contribution in [0.2, 0.25) is 0 Å². The number of hydrogen-bond acceptors (Lipinski definition) is 4. The number of aromatic nitrogens is 2. The summed E-state index contributed by atoms with van der Waals surface area (Å²) in [7, 11) is 0. The molecule has 1 amide bonds. The Balaban J connectivity index is 2.29. The van der Waals surface area contributed by atoms with Crippen molar-refractivity contribution < 1.29 is 4.79 Å². The van der Waals surface area contributed by atoms with E-state index in [1.807, 2.05) is 0 Å². The zero-order valence-electron chi connectivity index (χ0n) is 12.8. The van der Waals surface area contributed by atoms with Gasteiger partial charge in [-0.25, -0.2) is 9.97 Å². The van der Waals surface area contributed by atoms with E-state index >= 15 is 0 Å². The highest BCUT2D eigenvalue weighted by Crippen LogP contribution is 2.05. The van der Waals surface area contributed by atoms with Crippen LogP contribution in [-0.2, 0) is 0 Å². The van der Waals surface area contributed by atoms with Crippen molar-refractivity contribution in [3.05, 3.63) is 18.1 Å². The van der Waals surface area contributed by atoms with Gasteiger partial charge >= 0.3 is 0 Å². The average Bonchev–Trinajstić information content (AvgIpc) is 2.44. The molecule has 112 valence electrons. The van der Waals surface area contributed by atoms with E-state index in [2.05, 4.69) is 41.4 Å². The van der Waals surface area contributed by atoms with Gasteiger partial charge in [0.2, 0.25) is 0 Å². The number of amides is 1. The van der Waals surface area contributed by atoms with Crippen LogP contribution in [0.1, 0.15) is 56.9 Å². The zero-order valence-corrected chi connectivity index (χ0v) is 12.8. The smallest absolute Gasteiger partial charge is 0.271 e. The largest absolute Gasteiger partial charge is 0.369 e. The number of hydrogen-bond donors (Lipinski definition) is 2. The van der Waals surface area contributed by atoms with E-state index in [0.717, 1.165) is 31.7 Å². The number of nitrogens with zero attached hydrogens (tertiary/aromatic N) is 2. The van der Waals surface area contributed by atoms with E-state index in [1.165, 1.54) is 12.6 Å². The molecule has 0 fully saturated rings. The van der Waals surface area contributed by atoms with Gasteiger partial charge in [0.05, 0.1) is 12.4 Å². The van der Waals surface area contributed by atoms with Gasteiger partial charge < -0.3 is 10.6 Å². The van der Waals surface area contributed by atoms with Crippen LogP contribution in [0.15, 0.2) is 12.4 Å². The Morgan fingerprint density at radius 3 is 2.60 bits per heavy atom. The van der Waals surface area contributed by atoms with Gasteiger partial charge in [0.15, 0.2) is 0 Å². The molecule has 0 unspecified atom stereocenters. The Kier molecular flexibility index (Phi) is 7.62. The van der Waals surface area contributed by atoms with Crippen molar-refractivity contribution in [3.8, 4) is 0 Å². The monoisotopic (exact) mass is 278 g/mol. The van der Waals surface area contributed by atoms with Crippen LogP contribution in [0.25, 0.3) is 0 Å². The molecule has 0 aromatic carbocycles. The molecule has 0 radical (unpaired) electrons. The molecule has 0 atom stereocenters. The quantitative estimate of drug-likeness (QED) is 0.682. The lowest BCUT2D eigenvalue weighted by Gasteiger charge is -2.07. The lowest BCUT2D eigenvalue weighted by atomic mass is 10.1. The van der Waals surface area contributed by atoms with Gasteiger partial charge in [0, 0.05) is 13.1 Å². The maximum atomic E-state index is 11.8. The second-order valence-corrected chi connectivity index (χ2v) is 5.36. The highest BCUT2D eigenvalue weighted by Gasteiger charge is 2.07. The summed E-state index contributed by atoms with van der Waals surface area (Å²) in [5.41, 5.74) is 0.371. The number of nitrogens with one attached hydrogen (secondary N) is 2. The predicted molar refractivity (Wildman–Crippen MR) is 81.8 cm³/mol. The molecule has 5 heteroatoms. The van der Waals surface area contributed by atoms with Crippen LogP contribution in [0, 0.1) is 5.92 Å². The number of carbonyl (C=O) groups excluding carboxylic acids is 1. The molecule has 1 rings (SSSR count). The fourth-order valence-corrected chi connectivity index (χ4v) is 1.76. The maximum Gasteiger partial charge on any atom is 0.271 e. The minimum atomic E-state index is -0.149. The van der Waals surface area contributed by atoms with Crippen LogP contribution in [0.5, 0.6) is 0 Å². The first-order valence-corrected chi connectivity index (χ1v) is 7.47. The van der Waals surface area contributed by atoms with E-state index in [9.17, 15) is 4.79 Å². The summed E-state index contributed by atoms with van der Waals surface area (Å²) < 4.78 is 0. The highest BCUT2D eigenvalue weighted by atomic mass is 16.1. The van der Waals surface area contributed by atoms with Crippen molar-refractivity contribution in [1.82, 2.24) is 15.3 Å². The van der Waals surface area contributed by atoms with Gasteiger partial charge in [-0.3, -0.25) is 4.79 Å². The van der Waals surface area contributed by atoms with Crippen molar-refractivity contribution in [3.63, 3.8) is 0 Å². The van der Waals surface area contributed by atoms with Crippen LogP contribution < -0.4 is 10.6 Å². The minimum absolute atomic E-state index is 0.149. The molecular formula is C15H26N4O. The first kappa shape index (κ1) is 16.4. The van der Waals surface area contributed by atoms with Gasteiger partial charge in [-0.15, -0.1) is 0 Å². The summed E-state index contributed by atoms with van der Waals surface area (Å²) in [5, 5.41) is 6.00. The first-order valence-electron chi connectivity index (χ1n) is 7.47. The number of unbranched alkanes of at least 4 members (excludes halogenated alkanes) is 1. The standard InChI is InChI=1S/C15H26N4O/c1-4-8-16-14-11-18-13(10-19-14)15(20)17-9-6-5-7-12(2)3/h10-12H,4-9H2,1-3H3,(H,16,19)(H,17,20). The van der Waals surface area contributed by atoms with Crippen molar-refractivity contribution in [2.75, 3.05) is 18.4 Å². The summed E-state index contributed by atoms with van der Waals surface area (Å²) in [6.07, 6.45) is 7.50. The predicted octanol–water partition coefficient (Wildman–Crippen LogP) is 2.85. The summed E-state index contributed by atoms with van der Waals surface area (Å²) in [4.78, 5) is 20.1. The molecule has 1 aromatic rings. The normalized spacial score (nSPS) is 10.6. The average molecular weight is 278 g/mol. The topological polar surface area (TPSA) is 66.9 Å². The van der Waals surface area contributed by atoms with Crippen molar-refractivity contribution in [2.24, 2.45) is 5.92 Å². The van der Waals surface area contributed by atoms with Crippen molar-refractivity contribution in [2.45, 2.75) is 46.5 Å². The Bertz CT molecular complexity index is 389. The summed E-state index contributed by atoms with van der Waals surface area (Å²) in [5.74, 6) is 1.28. The second-order valence-electron chi connectivity index (χ2n) is 5.36. The first-order chi connectivity index (χ1) is 9.63. The Morgan fingerprint density at radius 2 is 2.00 bits per heavy atom. The van der Waals surface area contributed by atoms with Crippen LogP contribution in [-0.4, -0.2) is 29.0 Å². The Labute approximate surface area is 121 Å². The number of rotatable bonds is 9. The third kappa shape index (κ3) is 6.50. The number of carbonyl (C=O) groups is 1. The molecule has 1 aromatic heterocycles. The molecule has 0 saturated heterocycles. The Morgan fingerprint density at radius 1 is 1.20 bits per heavy atom. The molecule has 0 spiro atoms. The van der Waals surface area contributed by atoms with Gasteiger partial charge in [-0.1, -0.05) is 33.6 Å². The fourth-order valence-electron chi connectivity index (χ4n) is 1.76. The van der Waals surface area contributed by atoms with E-state index in [0.29, 0.717) is 18.1 Å². The third-order valence-electron chi connectivity index (χ3n) is 2.93. The van der Waals surface area contributed by atoms with Crippen LogP contribution in [0.4, 0.5) is 5.82 Å². The molecule has 0 bridgehead atoms. The lowest BCUT2D eigenvalue weighted by molar-refractivity contribution is 0.0947. The molecule has 20 heavy (non-hydrogen) atoms. The van der Waals surface area contributed by atoms with Crippen molar-refractivity contribution in [1.29, 1.82) is 0 Å². The molecule has 0 aliphatic carbocycles. The van der Waals surface area contributed by atoms with Gasteiger partial charge in [0.25, 0.3) is 5.91 Å². The molecule has 0 saturated carbocycles. The van der Waals surface area contributed by atoms with Crippen molar-refractivity contribution >= 4 is 11.7 Å². The summed E-state index contributed by atoms with van der Waals surface area (Å²) >= 11 is 0. The molecule has 5 nitrogen and oxygen atoms in total. The Hall–Kier alpha value is -1.65. The van der Waals surface area contributed by atoms with Crippen LogP contribution >= 0.6 is 0 Å². The SMILES string of the molecule is CCCNc1cnc(C(=O)NCCCCC(C)C)cn1. The molecule has 2 N–H and O–H groups in total. The molecule has 0 aliphatic heterocycles. The van der Waals surface area contributed by atoms with E-state index in [-0.39, 0.29) is 5.91 Å². The molecule has 1 heterocycles.